The molecule has 0 bridgehead atoms. The van der Waals surface area contributed by atoms with E-state index in [0.29, 0.717) is 0 Å². The van der Waals surface area contributed by atoms with Crippen LogP contribution in [-0.4, -0.2) is 71.1 Å². The Morgan fingerprint density at radius 3 is 2.37 bits per heavy atom. The molecule has 2 rings (SSSR count). The van der Waals surface area contributed by atoms with Crippen LogP contribution in [0.2, 0.25) is 0 Å². The van der Waals surface area contributed by atoms with E-state index in [9.17, 15) is 24.3 Å². The van der Waals surface area contributed by atoms with Gasteiger partial charge in [0.1, 0.15) is 18.2 Å². The minimum Gasteiger partial charge on any atom is -0.460 e. The molecule has 1 fully saturated rings. The van der Waals surface area contributed by atoms with Crippen LogP contribution in [-0.2, 0) is 30.3 Å². The van der Waals surface area contributed by atoms with Crippen LogP contribution < -0.4 is 10.6 Å². The monoisotopic (exact) mass is 489 g/mol. The number of nitrogens with one attached hydrogen (secondary N) is 2. The third kappa shape index (κ3) is 8.06. The number of rotatable bonds is 7. The van der Waals surface area contributed by atoms with E-state index >= 15 is 0 Å². The minimum absolute atomic E-state index is 0.130. The maximum absolute atomic E-state index is 13.1. The average Bonchev–Trinajstić information content (AvgIpc) is 2.81. The fraction of sp³-hybridized carbons (Fsp3) is 0.615. The Morgan fingerprint density at radius 2 is 1.77 bits per heavy atom. The van der Waals surface area contributed by atoms with Gasteiger partial charge in [-0.1, -0.05) is 57.0 Å². The van der Waals surface area contributed by atoms with Crippen LogP contribution in [0, 0.1) is 5.92 Å². The van der Waals surface area contributed by atoms with Gasteiger partial charge in [0.25, 0.3) is 0 Å². The van der Waals surface area contributed by atoms with E-state index in [4.69, 9.17) is 4.74 Å². The summed E-state index contributed by atoms with van der Waals surface area (Å²) in [6, 6.07) is 6.08. The number of cyclic esters (lactones) is 1. The highest BCUT2D eigenvalue weighted by molar-refractivity contribution is 5.94. The normalized spacial score (nSPS) is 26.4. The van der Waals surface area contributed by atoms with E-state index in [1.165, 1.54) is 20.9 Å². The topological polar surface area (TPSA) is 125 Å². The van der Waals surface area contributed by atoms with Crippen molar-refractivity contribution in [3.63, 3.8) is 0 Å². The van der Waals surface area contributed by atoms with Crippen LogP contribution in [0.5, 0.6) is 0 Å². The lowest BCUT2D eigenvalue weighted by atomic mass is 9.95. The van der Waals surface area contributed by atoms with Crippen LogP contribution >= 0.6 is 0 Å². The molecule has 0 radical (unpaired) electrons. The molecule has 0 aliphatic carbocycles. The van der Waals surface area contributed by atoms with Gasteiger partial charge in [0, 0.05) is 13.5 Å². The standard InChI is InChI=1S/C26H39N3O6/c1-6-7-11-16(2)21-15-22(31)28-20(14-19-12-9-8-10-13-19)24(32)27-17(3)25(33)29(5)23(18(4)30)26(34)35-21/h8-10,12-13,16-18,20-21,23,30H,6-7,11,14-15H2,1-5H3,(H,27,32)(H,28,31)/t16-,17-,18+,20-,21+,23-/m0/s1. The molecule has 0 spiro atoms. The molecule has 9 nitrogen and oxygen atoms in total. The van der Waals surface area contributed by atoms with Crippen molar-refractivity contribution in [2.24, 2.45) is 5.92 Å². The van der Waals surface area contributed by atoms with E-state index in [2.05, 4.69) is 10.6 Å². The molecule has 6 atom stereocenters. The summed E-state index contributed by atoms with van der Waals surface area (Å²) in [4.78, 5) is 53.4. The number of aliphatic hydroxyl groups excluding tert-OH is 1. The third-order valence-corrected chi connectivity index (χ3v) is 6.43. The van der Waals surface area contributed by atoms with E-state index in [-0.39, 0.29) is 18.8 Å². The number of carbonyl (C=O) groups is 4. The highest BCUT2D eigenvalue weighted by Crippen LogP contribution is 2.21. The smallest absolute Gasteiger partial charge is 0.331 e. The first-order chi connectivity index (χ1) is 16.5. The lowest BCUT2D eigenvalue weighted by Gasteiger charge is -2.32. The lowest BCUT2D eigenvalue weighted by molar-refractivity contribution is -0.166. The highest BCUT2D eigenvalue weighted by atomic mass is 16.5. The molecule has 1 aromatic rings. The Hall–Kier alpha value is -2.94. The first-order valence-electron chi connectivity index (χ1n) is 12.3. The van der Waals surface area contributed by atoms with Crippen molar-refractivity contribution in [3.8, 4) is 0 Å². The van der Waals surface area contributed by atoms with E-state index < -0.39 is 54.0 Å². The minimum atomic E-state index is -1.27. The second-order valence-electron chi connectivity index (χ2n) is 9.47. The number of unbranched alkanes of at least 4 members (excludes halogenated alkanes) is 1. The number of hydrogen-bond donors (Lipinski definition) is 3. The van der Waals surface area contributed by atoms with Gasteiger partial charge in [0.2, 0.25) is 17.7 Å². The molecule has 0 saturated carbocycles. The number of likely N-dealkylation sites (N-methyl/N-ethyl adjacent to an activating group) is 1. The highest BCUT2D eigenvalue weighted by Gasteiger charge is 2.38. The Morgan fingerprint density at radius 1 is 1.11 bits per heavy atom. The number of esters is 1. The summed E-state index contributed by atoms with van der Waals surface area (Å²) in [7, 11) is 1.39. The molecule has 0 aromatic heterocycles. The van der Waals surface area contributed by atoms with E-state index in [0.717, 1.165) is 29.7 Å². The Kier molecular flexibility index (Phi) is 10.7. The van der Waals surface area contributed by atoms with Crippen molar-refractivity contribution in [2.75, 3.05) is 7.05 Å². The van der Waals surface area contributed by atoms with Crippen molar-refractivity contribution < 1.29 is 29.0 Å². The number of carbonyl (C=O) groups excluding carboxylic acids is 4. The quantitative estimate of drug-likeness (QED) is 0.500. The summed E-state index contributed by atoms with van der Waals surface area (Å²) in [5, 5.41) is 15.7. The number of ether oxygens (including phenoxy) is 1. The molecule has 194 valence electrons. The fourth-order valence-corrected chi connectivity index (χ4v) is 4.28. The maximum Gasteiger partial charge on any atom is 0.331 e. The second kappa shape index (κ2) is 13.2. The zero-order chi connectivity index (χ0) is 26.1. The molecule has 3 amide bonds. The van der Waals surface area contributed by atoms with Gasteiger partial charge in [-0.2, -0.15) is 0 Å². The van der Waals surface area contributed by atoms with E-state index in [1.54, 1.807) is 0 Å². The van der Waals surface area contributed by atoms with Gasteiger partial charge in [-0.3, -0.25) is 14.4 Å². The largest absolute Gasteiger partial charge is 0.460 e. The van der Waals surface area contributed by atoms with Gasteiger partial charge in [-0.05, 0) is 31.7 Å². The predicted octanol–water partition coefficient (Wildman–Crippen LogP) is 1.57. The number of amides is 3. The van der Waals surface area contributed by atoms with Crippen molar-refractivity contribution in [3.05, 3.63) is 35.9 Å². The molecule has 35 heavy (non-hydrogen) atoms. The van der Waals surface area contributed by atoms with Gasteiger partial charge >= 0.3 is 5.97 Å². The molecule has 1 aliphatic rings. The summed E-state index contributed by atoms with van der Waals surface area (Å²) in [5.41, 5.74) is 0.849. The first kappa shape index (κ1) is 28.3. The summed E-state index contributed by atoms with van der Waals surface area (Å²) >= 11 is 0. The summed E-state index contributed by atoms with van der Waals surface area (Å²) in [6.45, 7) is 6.85. The zero-order valence-electron chi connectivity index (χ0n) is 21.3. The Bertz CT molecular complexity index is 875. The fourth-order valence-electron chi connectivity index (χ4n) is 4.28. The summed E-state index contributed by atoms with van der Waals surface area (Å²) in [6.07, 6.45) is 0.707. The van der Waals surface area contributed by atoms with Crippen LogP contribution in [0.4, 0.5) is 0 Å². The van der Waals surface area contributed by atoms with Crippen LogP contribution in [0.3, 0.4) is 0 Å². The molecule has 1 aromatic carbocycles. The first-order valence-corrected chi connectivity index (χ1v) is 12.3. The number of nitrogens with zero attached hydrogens (tertiary/aromatic N) is 1. The van der Waals surface area contributed by atoms with Gasteiger partial charge in [0.05, 0.1) is 12.5 Å². The van der Waals surface area contributed by atoms with Crippen LogP contribution in [0.1, 0.15) is 58.9 Å². The molecule has 1 saturated heterocycles. The number of benzene rings is 1. The molecule has 9 heteroatoms. The van der Waals surface area contributed by atoms with Gasteiger partial charge in [-0.15, -0.1) is 0 Å². The lowest BCUT2D eigenvalue weighted by Crippen LogP contribution is -2.57. The van der Waals surface area contributed by atoms with E-state index in [1.807, 2.05) is 44.2 Å². The SMILES string of the molecule is CCCC[C@H](C)[C@H]1CC(=O)N[C@@H](Cc2ccccc2)C(=O)N[C@@H](C)C(=O)N(C)[C@@H]([C@@H](C)O)C(=O)O1. The Labute approximate surface area is 207 Å². The molecule has 0 unspecified atom stereocenters. The number of hydrogen-bond acceptors (Lipinski definition) is 6. The third-order valence-electron chi connectivity index (χ3n) is 6.43. The van der Waals surface area contributed by atoms with Crippen LogP contribution in [0.15, 0.2) is 30.3 Å². The van der Waals surface area contributed by atoms with Crippen molar-refractivity contribution in [1.29, 1.82) is 0 Å². The maximum atomic E-state index is 13.1. The second-order valence-corrected chi connectivity index (χ2v) is 9.47. The molecular weight excluding hydrogens is 450 g/mol. The average molecular weight is 490 g/mol. The summed E-state index contributed by atoms with van der Waals surface area (Å²) in [5.74, 6) is -2.41. The predicted molar refractivity (Wildman–Crippen MR) is 131 cm³/mol. The Balaban J connectivity index is 2.41. The van der Waals surface area contributed by atoms with Gasteiger partial charge < -0.3 is 25.4 Å². The summed E-state index contributed by atoms with van der Waals surface area (Å²) < 4.78 is 5.74. The van der Waals surface area contributed by atoms with Crippen molar-refractivity contribution >= 4 is 23.7 Å². The van der Waals surface area contributed by atoms with Crippen LogP contribution in [0.25, 0.3) is 0 Å². The van der Waals surface area contributed by atoms with Crippen molar-refractivity contribution in [2.45, 2.75) is 90.1 Å². The molecule has 3 N–H and O–H groups in total. The van der Waals surface area contributed by atoms with Gasteiger partial charge in [0.15, 0.2) is 6.04 Å². The molecule has 1 aliphatic heterocycles. The van der Waals surface area contributed by atoms with Crippen molar-refractivity contribution in [1.82, 2.24) is 15.5 Å². The molecular formula is C26H39N3O6. The molecule has 1 heterocycles. The number of aliphatic hydroxyl groups is 1. The van der Waals surface area contributed by atoms with Gasteiger partial charge in [-0.25, -0.2) is 4.79 Å². The zero-order valence-corrected chi connectivity index (χ0v) is 21.3.